The SMILES string of the molecule is CCNC(c1ccc2c(c1)CC(C)O2)C1CCCC1C. The van der Waals surface area contributed by atoms with Gasteiger partial charge in [-0.3, -0.25) is 0 Å². The largest absolute Gasteiger partial charge is 0.490 e. The Kier molecular flexibility index (Phi) is 4.02. The molecule has 4 unspecified atom stereocenters. The molecule has 0 aromatic heterocycles. The van der Waals surface area contributed by atoms with Crippen LogP contribution in [0.2, 0.25) is 0 Å². The number of benzene rings is 1. The van der Waals surface area contributed by atoms with E-state index in [0.29, 0.717) is 12.1 Å². The lowest BCUT2D eigenvalue weighted by Gasteiger charge is -2.28. The topological polar surface area (TPSA) is 21.3 Å². The molecule has 2 nitrogen and oxygen atoms in total. The van der Waals surface area contributed by atoms with Crippen LogP contribution in [-0.4, -0.2) is 12.6 Å². The predicted octanol–water partition coefficient (Wildman–Crippen LogP) is 4.10. The maximum absolute atomic E-state index is 5.83. The van der Waals surface area contributed by atoms with E-state index in [-0.39, 0.29) is 0 Å². The molecule has 0 amide bonds. The summed E-state index contributed by atoms with van der Waals surface area (Å²) in [6.45, 7) is 7.82. The minimum Gasteiger partial charge on any atom is -0.490 e. The highest BCUT2D eigenvalue weighted by Gasteiger charge is 2.32. The van der Waals surface area contributed by atoms with Crippen LogP contribution in [0.3, 0.4) is 0 Å². The van der Waals surface area contributed by atoms with Gasteiger partial charge in [-0.05, 0) is 48.9 Å². The predicted molar refractivity (Wildman–Crippen MR) is 83.2 cm³/mol. The number of ether oxygens (including phenoxy) is 1. The van der Waals surface area contributed by atoms with Crippen molar-refractivity contribution < 1.29 is 4.74 Å². The summed E-state index contributed by atoms with van der Waals surface area (Å²) in [6.07, 6.45) is 5.53. The van der Waals surface area contributed by atoms with E-state index in [1.165, 1.54) is 30.4 Å². The molecule has 0 saturated heterocycles. The number of fused-ring (bicyclic) bond motifs is 1. The normalized spacial score (nSPS) is 30.1. The van der Waals surface area contributed by atoms with Crippen LogP contribution in [0.1, 0.15) is 57.2 Å². The van der Waals surface area contributed by atoms with Crippen molar-refractivity contribution in [2.45, 2.75) is 58.6 Å². The molecule has 0 spiro atoms. The Balaban J connectivity index is 1.86. The van der Waals surface area contributed by atoms with Crippen molar-refractivity contribution in [3.05, 3.63) is 29.3 Å². The summed E-state index contributed by atoms with van der Waals surface area (Å²) in [5.74, 6) is 2.71. The van der Waals surface area contributed by atoms with E-state index < -0.39 is 0 Å². The molecule has 1 aliphatic heterocycles. The molecule has 0 radical (unpaired) electrons. The Hall–Kier alpha value is -1.02. The quantitative estimate of drug-likeness (QED) is 0.892. The van der Waals surface area contributed by atoms with Gasteiger partial charge in [0, 0.05) is 12.5 Å². The van der Waals surface area contributed by atoms with E-state index >= 15 is 0 Å². The Morgan fingerprint density at radius 1 is 1.30 bits per heavy atom. The average Bonchev–Trinajstić information content (AvgIpc) is 3.00. The second kappa shape index (κ2) is 5.77. The van der Waals surface area contributed by atoms with Crippen molar-refractivity contribution in [3.63, 3.8) is 0 Å². The molecule has 110 valence electrons. The van der Waals surface area contributed by atoms with Crippen molar-refractivity contribution >= 4 is 0 Å². The maximum atomic E-state index is 5.83. The molecule has 1 aliphatic carbocycles. The summed E-state index contributed by atoms with van der Waals surface area (Å²) in [7, 11) is 0. The van der Waals surface area contributed by atoms with Gasteiger partial charge in [0.15, 0.2) is 0 Å². The van der Waals surface area contributed by atoms with Gasteiger partial charge in [-0.15, -0.1) is 0 Å². The highest BCUT2D eigenvalue weighted by atomic mass is 16.5. The summed E-state index contributed by atoms with van der Waals surface area (Å²) in [5.41, 5.74) is 2.85. The Morgan fingerprint density at radius 3 is 2.85 bits per heavy atom. The number of hydrogen-bond donors (Lipinski definition) is 1. The fourth-order valence-electron chi connectivity index (χ4n) is 4.04. The first-order valence-corrected chi connectivity index (χ1v) is 8.22. The molecule has 2 heteroatoms. The number of hydrogen-bond acceptors (Lipinski definition) is 2. The zero-order valence-corrected chi connectivity index (χ0v) is 13.0. The molecule has 1 saturated carbocycles. The summed E-state index contributed by atoms with van der Waals surface area (Å²) < 4.78 is 5.83. The van der Waals surface area contributed by atoms with Crippen molar-refractivity contribution in [1.82, 2.24) is 5.32 Å². The fraction of sp³-hybridized carbons (Fsp3) is 0.667. The summed E-state index contributed by atoms with van der Waals surface area (Å²) in [4.78, 5) is 0. The third-order valence-corrected chi connectivity index (χ3v) is 5.06. The molecular weight excluding hydrogens is 246 g/mol. The van der Waals surface area contributed by atoms with Gasteiger partial charge in [-0.2, -0.15) is 0 Å². The number of nitrogens with one attached hydrogen (secondary N) is 1. The third-order valence-electron chi connectivity index (χ3n) is 5.06. The first-order valence-electron chi connectivity index (χ1n) is 8.22. The zero-order valence-electron chi connectivity index (χ0n) is 13.0. The van der Waals surface area contributed by atoms with Gasteiger partial charge in [0.25, 0.3) is 0 Å². The van der Waals surface area contributed by atoms with Gasteiger partial charge in [0.1, 0.15) is 11.9 Å². The highest BCUT2D eigenvalue weighted by molar-refractivity contribution is 5.41. The summed E-state index contributed by atoms with van der Waals surface area (Å²) >= 11 is 0. The van der Waals surface area contributed by atoms with Crippen LogP contribution in [0.5, 0.6) is 5.75 Å². The van der Waals surface area contributed by atoms with Crippen molar-refractivity contribution in [2.24, 2.45) is 11.8 Å². The van der Waals surface area contributed by atoms with Crippen molar-refractivity contribution in [2.75, 3.05) is 6.54 Å². The van der Waals surface area contributed by atoms with Crippen LogP contribution in [0.4, 0.5) is 0 Å². The second-order valence-electron chi connectivity index (χ2n) is 6.61. The van der Waals surface area contributed by atoms with Gasteiger partial charge in [-0.25, -0.2) is 0 Å². The highest BCUT2D eigenvalue weighted by Crippen LogP contribution is 2.41. The summed E-state index contributed by atoms with van der Waals surface area (Å²) in [6, 6.07) is 7.35. The summed E-state index contributed by atoms with van der Waals surface area (Å²) in [5, 5.41) is 3.73. The van der Waals surface area contributed by atoms with Crippen LogP contribution >= 0.6 is 0 Å². The smallest absolute Gasteiger partial charge is 0.123 e. The van der Waals surface area contributed by atoms with Crippen molar-refractivity contribution in [1.29, 1.82) is 0 Å². The molecule has 1 heterocycles. The zero-order chi connectivity index (χ0) is 14.1. The lowest BCUT2D eigenvalue weighted by molar-refractivity contribution is 0.254. The molecule has 2 aliphatic rings. The molecule has 0 bridgehead atoms. The molecule has 1 aromatic rings. The van der Waals surface area contributed by atoms with Gasteiger partial charge >= 0.3 is 0 Å². The number of rotatable bonds is 4. The fourth-order valence-corrected chi connectivity index (χ4v) is 4.04. The van der Waals surface area contributed by atoms with Crippen LogP contribution in [-0.2, 0) is 6.42 Å². The van der Waals surface area contributed by atoms with E-state index in [1.54, 1.807) is 0 Å². The van der Waals surface area contributed by atoms with E-state index in [9.17, 15) is 0 Å². The molecule has 1 aromatic carbocycles. The maximum Gasteiger partial charge on any atom is 0.123 e. The first-order chi connectivity index (χ1) is 9.69. The lowest BCUT2D eigenvalue weighted by Crippen LogP contribution is -2.29. The van der Waals surface area contributed by atoms with Gasteiger partial charge in [-0.1, -0.05) is 38.8 Å². The monoisotopic (exact) mass is 273 g/mol. The molecule has 20 heavy (non-hydrogen) atoms. The Labute approximate surface area is 122 Å². The third kappa shape index (κ3) is 2.58. The van der Waals surface area contributed by atoms with Crippen LogP contribution in [0, 0.1) is 11.8 Å². The van der Waals surface area contributed by atoms with Gasteiger partial charge < -0.3 is 10.1 Å². The molecule has 3 rings (SSSR count). The molecular formula is C18H27NO. The molecule has 1 N–H and O–H groups in total. The van der Waals surface area contributed by atoms with Crippen LogP contribution in [0.15, 0.2) is 18.2 Å². The van der Waals surface area contributed by atoms with Gasteiger partial charge in [0.2, 0.25) is 0 Å². The minimum absolute atomic E-state index is 0.336. The van der Waals surface area contributed by atoms with E-state index in [4.69, 9.17) is 4.74 Å². The Morgan fingerprint density at radius 2 is 2.15 bits per heavy atom. The van der Waals surface area contributed by atoms with Crippen LogP contribution < -0.4 is 10.1 Å². The lowest BCUT2D eigenvalue weighted by atomic mass is 9.85. The standard InChI is InChI=1S/C18H27NO/c1-4-19-18(16-7-5-6-12(16)2)14-8-9-17-15(11-14)10-13(3)20-17/h8-9,11-13,16,18-19H,4-7,10H2,1-3H3. The first kappa shape index (κ1) is 13.9. The van der Waals surface area contributed by atoms with Gasteiger partial charge in [0.05, 0.1) is 0 Å². The minimum atomic E-state index is 0.336. The van der Waals surface area contributed by atoms with E-state index in [1.807, 2.05) is 0 Å². The Bertz CT molecular complexity index is 470. The molecule has 4 atom stereocenters. The van der Waals surface area contributed by atoms with Crippen molar-refractivity contribution in [3.8, 4) is 5.75 Å². The van der Waals surface area contributed by atoms with E-state index in [0.717, 1.165) is 30.6 Å². The van der Waals surface area contributed by atoms with E-state index in [2.05, 4.69) is 44.3 Å². The average molecular weight is 273 g/mol. The van der Waals surface area contributed by atoms with Crippen LogP contribution in [0.25, 0.3) is 0 Å². The second-order valence-corrected chi connectivity index (χ2v) is 6.61. The molecule has 1 fully saturated rings.